The van der Waals surface area contributed by atoms with Crippen LogP contribution in [0.5, 0.6) is 5.75 Å². The Morgan fingerprint density at radius 1 is 1.12 bits per heavy atom. The van der Waals surface area contributed by atoms with Crippen molar-refractivity contribution in [1.29, 1.82) is 0 Å². The Balaban J connectivity index is 1.56. The first-order chi connectivity index (χ1) is 16.2. The second-order valence-corrected chi connectivity index (χ2v) is 8.16. The summed E-state index contributed by atoms with van der Waals surface area (Å²) in [7, 11) is 1.62. The lowest BCUT2D eigenvalue weighted by Gasteiger charge is -2.20. The first kappa shape index (κ1) is 19.7. The highest BCUT2D eigenvalue weighted by Crippen LogP contribution is 2.30. The molecule has 4 heterocycles. The summed E-state index contributed by atoms with van der Waals surface area (Å²) in [6.07, 6.45) is 4.19. The standard InChI is InChI=1S/C24H22N6O3/c1-15-19(10-11-33-15)30-21-9-4-3-8-20(21)28-14-25-22(23(28)24(30)31)18-13-29(27-26-18)16-6-5-7-17(12-16)32-2/h3-9,12-15,19H,10-11H2,1-2H3. The molecule has 2 aromatic carbocycles. The van der Waals surface area contributed by atoms with Crippen molar-refractivity contribution in [2.75, 3.05) is 13.7 Å². The molecule has 6 rings (SSSR count). The molecule has 3 aromatic heterocycles. The zero-order valence-electron chi connectivity index (χ0n) is 18.3. The fourth-order valence-electron chi connectivity index (χ4n) is 4.66. The summed E-state index contributed by atoms with van der Waals surface area (Å²) in [4.78, 5) is 18.4. The van der Waals surface area contributed by atoms with Gasteiger partial charge in [0.25, 0.3) is 5.56 Å². The van der Waals surface area contributed by atoms with Crippen molar-refractivity contribution in [3.05, 3.63) is 71.4 Å². The third-order valence-electron chi connectivity index (χ3n) is 6.31. The molecule has 0 saturated carbocycles. The smallest absolute Gasteiger partial charge is 0.278 e. The molecule has 9 heteroatoms. The zero-order valence-corrected chi connectivity index (χ0v) is 18.3. The fourth-order valence-corrected chi connectivity index (χ4v) is 4.66. The van der Waals surface area contributed by atoms with Gasteiger partial charge in [-0.15, -0.1) is 5.10 Å². The molecule has 2 unspecified atom stereocenters. The monoisotopic (exact) mass is 442 g/mol. The Morgan fingerprint density at radius 2 is 1.97 bits per heavy atom. The summed E-state index contributed by atoms with van der Waals surface area (Å²) < 4.78 is 16.4. The Bertz CT molecular complexity index is 1550. The summed E-state index contributed by atoms with van der Waals surface area (Å²) in [6, 6.07) is 15.4. The van der Waals surface area contributed by atoms with E-state index in [4.69, 9.17) is 9.47 Å². The van der Waals surface area contributed by atoms with Crippen LogP contribution in [0.25, 0.3) is 33.6 Å². The van der Waals surface area contributed by atoms with Gasteiger partial charge in [-0.05, 0) is 37.6 Å². The van der Waals surface area contributed by atoms with Gasteiger partial charge in [-0.3, -0.25) is 13.8 Å². The lowest BCUT2D eigenvalue weighted by molar-refractivity contribution is 0.108. The molecule has 2 atom stereocenters. The molecule has 5 aromatic rings. The molecule has 1 aliphatic rings. The minimum absolute atomic E-state index is 0.0392. The lowest BCUT2D eigenvalue weighted by Crippen LogP contribution is -2.30. The number of imidazole rings is 1. The van der Waals surface area contributed by atoms with Crippen LogP contribution in [0.1, 0.15) is 19.4 Å². The van der Waals surface area contributed by atoms with E-state index >= 15 is 0 Å². The molecule has 33 heavy (non-hydrogen) atoms. The topological polar surface area (TPSA) is 88.5 Å². The summed E-state index contributed by atoms with van der Waals surface area (Å²) in [5, 5.41) is 8.59. The van der Waals surface area contributed by atoms with Gasteiger partial charge in [-0.1, -0.05) is 23.4 Å². The van der Waals surface area contributed by atoms with Gasteiger partial charge in [0.15, 0.2) is 0 Å². The third kappa shape index (κ3) is 3.04. The van der Waals surface area contributed by atoms with E-state index in [2.05, 4.69) is 15.3 Å². The molecular formula is C24H22N6O3. The number of fused-ring (bicyclic) bond motifs is 3. The Kier molecular flexibility index (Phi) is 4.51. The van der Waals surface area contributed by atoms with Gasteiger partial charge in [-0.25, -0.2) is 9.67 Å². The molecule has 0 spiro atoms. The van der Waals surface area contributed by atoms with Crippen LogP contribution < -0.4 is 10.3 Å². The van der Waals surface area contributed by atoms with Crippen LogP contribution in [0.2, 0.25) is 0 Å². The normalized spacial score (nSPS) is 18.4. The van der Waals surface area contributed by atoms with E-state index in [1.165, 1.54) is 0 Å². The number of hydrogen-bond donors (Lipinski definition) is 0. The summed E-state index contributed by atoms with van der Waals surface area (Å²) >= 11 is 0. The first-order valence-corrected chi connectivity index (χ1v) is 10.8. The zero-order chi connectivity index (χ0) is 22.5. The average molecular weight is 442 g/mol. The van der Waals surface area contributed by atoms with Crippen molar-refractivity contribution in [3.63, 3.8) is 0 Å². The molecule has 0 aliphatic carbocycles. The SMILES string of the molecule is COc1cccc(-n2cc(-c3ncn4c3c(=O)n(C3CCOC3C)c3ccccc34)nn2)c1. The van der Waals surface area contributed by atoms with E-state index in [0.29, 0.717) is 23.5 Å². The number of nitrogens with zero attached hydrogens (tertiary/aromatic N) is 6. The van der Waals surface area contributed by atoms with Crippen LogP contribution in [0.15, 0.2) is 65.8 Å². The predicted octanol–water partition coefficient (Wildman–Crippen LogP) is 3.26. The fraction of sp³-hybridized carbons (Fsp3) is 0.250. The maximum atomic E-state index is 13.9. The number of hydrogen-bond acceptors (Lipinski definition) is 6. The first-order valence-electron chi connectivity index (χ1n) is 10.8. The minimum atomic E-state index is -0.112. The van der Waals surface area contributed by atoms with E-state index in [1.54, 1.807) is 24.3 Å². The largest absolute Gasteiger partial charge is 0.497 e. The average Bonchev–Trinajstić information content (AvgIpc) is 3.59. The van der Waals surface area contributed by atoms with Crippen LogP contribution in [0, 0.1) is 0 Å². The maximum absolute atomic E-state index is 13.9. The minimum Gasteiger partial charge on any atom is -0.497 e. The predicted molar refractivity (Wildman–Crippen MR) is 123 cm³/mol. The van der Waals surface area contributed by atoms with E-state index in [0.717, 1.165) is 28.9 Å². The molecular weight excluding hydrogens is 420 g/mol. The van der Waals surface area contributed by atoms with Gasteiger partial charge in [0, 0.05) is 12.7 Å². The molecule has 1 saturated heterocycles. The van der Waals surface area contributed by atoms with Crippen molar-refractivity contribution in [3.8, 4) is 22.8 Å². The van der Waals surface area contributed by atoms with Crippen molar-refractivity contribution < 1.29 is 9.47 Å². The number of benzene rings is 2. The lowest BCUT2D eigenvalue weighted by atomic mass is 10.1. The van der Waals surface area contributed by atoms with Gasteiger partial charge >= 0.3 is 0 Å². The Morgan fingerprint density at radius 3 is 2.76 bits per heavy atom. The van der Waals surface area contributed by atoms with E-state index in [1.807, 2.05) is 64.4 Å². The second-order valence-electron chi connectivity index (χ2n) is 8.16. The molecule has 166 valence electrons. The number of rotatable bonds is 4. The van der Waals surface area contributed by atoms with Crippen LogP contribution >= 0.6 is 0 Å². The van der Waals surface area contributed by atoms with Gasteiger partial charge < -0.3 is 9.47 Å². The van der Waals surface area contributed by atoms with Crippen molar-refractivity contribution in [2.45, 2.75) is 25.5 Å². The highest BCUT2D eigenvalue weighted by molar-refractivity contribution is 5.84. The van der Waals surface area contributed by atoms with Gasteiger partial charge in [-0.2, -0.15) is 0 Å². The highest BCUT2D eigenvalue weighted by Gasteiger charge is 2.30. The van der Waals surface area contributed by atoms with Crippen molar-refractivity contribution in [1.82, 2.24) is 28.9 Å². The third-order valence-corrected chi connectivity index (χ3v) is 6.31. The van der Waals surface area contributed by atoms with E-state index in [9.17, 15) is 4.79 Å². The van der Waals surface area contributed by atoms with Crippen LogP contribution in [-0.2, 0) is 4.74 Å². The van der Waals surface area contributed by atoms with Gasteiger partial charge in [0.2, 0.25) is 0 Å². The van der Waals surface area contributed by atoms with Crippen molar-refractivity contribution in [2.24, 2.45) is 0 Å². The van der Waals surface area contributed by atoms with Crippen LogP contribution in [-0.4, -0.2) is 48.8 Å². The number of methoxy groups -OCH3 is 1. The number of aromatic nitrogens is 6. The van der Waals surface area contributed by atoms with Crippen LogP contribution in [0.4, 0.5) is 0 Å². The molecule has 0 amide bonds. The Labute approximate surface area is 188 Å². The second kappa shape index (κ2) is 7.56. The molecule has 9 nitrogen and oxygen atoms in total. The maximum Gasteiger partial charge on any atom is 0.278 e. The summed E-state index contributed by atoms with van der Waals surface area (Å²) in [6.45, 7) is 2.65. The van der Waals surface area contributed by atoms with Gasteiger partial charge in [0.1, 0.15) is 29.0 Å². The molecule has 0 N–H and O–H groups in total. The molecule has 1 aliphatic heterocycles. The molecule has 0 bridgehead atoms. The quantitative estimate of drug-likeness (QED) is 0.425. The number of para-hydroxylation sites is 2. The van der Waals surface area contributed by atoms with E-state index in [-0.39, 0.29) is 17.7 Å². The Hall–Kier alpha value is -3.98. The highest BCUT2D eigenvalue weighted by atomic mass is 16.5. The number of ether oxygens (including phenoxy) is 2. The van der Waals surface area contributed by atoms with Crippen LogP contribution in [0.3, 0.4) is 0 Å². The van der Waals surface area contributed by atoms with Crippen molar-refractivity contribution >= 4 is 16.6 Å². The summed E-state index contributed by atoms with van der Waals surface area (Å²) in [5.74, 6) is 0.722. The van der Waals surface area contributed by atoms with Gasteiger partial charge in [0.05, 0.1) is 42.2 Å². The summed E-state index contributed by atoms with van der Waals surface area (Å²) in [5.41, 5.74) is 3.96. The molecule has 1 fully saturated rings. The molecule has 0 radical (unpaired) electrons. The van der Waals surface area contributed by atoms with E-state index < -0.39 is 0 Å².